The van der Waals surface area contributed by atoms with Crippen LogP contribution in [0.4, 0.5) is 11.4 Å². The first-order valence-corrected chi connectivity index (χ1v) is 12.4. The van der Waals surface area contributed by atoms with Gasteiger partial charge in [-0.1, -0.05) is 23.7 Å². The Labute approximate surface area is 225 Å². The predicted molar refractivity (Wildman–Crippen MR) is 150 cm³/mol. The Morgan fingerprint density at radius 2 is 1.76 bits per heavy atom. The number of hydrogen-bond acceptors (Lipinski definition) is 7. The minimum Gasteiger partial charge on any atom is -0.480 e. The maximum atomic E-state index is 6.22. The summed E-state index contributed by atoms with van der Waals surface area (Å²) in [7, 11) is 4.82. The topological polar surface area (TPSA) is 82.8 Å². The van der Waals surface area contributed by atoms with E-state index in [1.165, 1.54) is 0 Å². The van der Waals surface area contributed by atoms with E-state index in [0.29, 0.717) is 27.6 Å². The number of methoxy groups -OCH3 is 3. The molecule has 0 amide bonds. The molecule has 0 fully saturated rings. The molecule has 1 N–H and O–H groups in total. The van der Waals surface area contributed by atoms with Crippen LogP contribution in [0.1, 0.15) is 6.92 Å². The third-order valence-electron chi connectivity index (χ3n) is 6.22. The lowest BCUT2D eigenvalue weighted by atomic mass is 10.1. The largest absolute Gasteiger partial charge is 0.480 e. The van der Waals surface area contributed by atoms with Gasteiger partial charge in [0, 0.05) is 31.1 Å². The third-order valence-corrected chi connectivity index (χ3v) is 6.48. The molecule has 3 aromatic rings. The zero-order valence-corrected chi connectivity index (χ0v) is 22.4. The fraction of sp³-hybridized carbons (Fsp3) is 0.207. The summed E-state index contributed by atoms with van der Waals surface area (Å²) < 4.78 is 18.8. The number of nitrogens with zero attached hydrogens (tertiary/aromatic N) is 4. The second-order valence-electron chi connectivity index (χ2n) is 8.88. The fourth-order valence-corrected chi connectivity index (χ4v) is 4.48. The minimum absolute atomic E-state index is 0.268. The van der Waals surface area contributed by atoms with Crippen molar-refractivity contribution in [2.75, 3.05) is 33.3 Å². The van der Waals surface area contributed by atoms with E-state index in [1.54, 1.807) is 27.5 Å². The van der Waals surface area contributed by atoms with Gasteiger partial charge in [0.15, 0.2) is 5.72 Å². The van der Waals surface area contributed by atoms with Crippen molar-refractivity contribution in [1.82, 2.24) is 14.5 Å². The van der Waals surface area contributed by atoms with E-state index < -0.39 is 5.72 Å². The molecule has 5 rings (SSSR count). The Kier molecular flexibility index (Phi) is 7.28. The summed E-state index contributed by atoms with van der Waals surface area (Å²) in [5.74, 6) is 0.465. The molecule has 0 spiro atoms. The highest BCUT2D eigenvalue weighted by Gasteiger charge is 2.24. The molecule has 1 atom stereocenters. The molecule has 8 nitrogen and oxygen atoms in total. The number of benzene rings is 3. The monoisotopic (exact) mass is 529 g/mol. The summed E-state index contributed by atoms with van der Waals surface area (Å²) in [5, 5.41) is 4.77. The molecule has 2 aliphatic rings. The van der Waals surface area contributed by atoms with Gasteiger partial charge in [0.1, 0.15) is 5.69 Å². The summed E-state index contributed by atoms with van der Waals surface area (Å²) in [6, 6.07) is 23.5. The van der Waals surface area contributed by atoms with Gasteiger partial charge in [0.2, 0.25) is 5.88 Å². The summed E-state index contributed by atoms with van der Waals surface area (Å²) in [4.78, 5) is 14.3. The average molecular weight is 530 g/mol. The summed E-state index contributed by atoms with van der Waals surface area (Å²) in [5.41, 5.74) is 4.88. The van der Waals surface area contributed by atoms with Crippen LogP contribution in [-0.2, 0) is 9.47 Å². The highest BCUT2D eigenvalue weighted by Crippen LogP contribution is 2.32. The van der Waals surface area contributed by atoms with E-state index in [4.69, 9.17) is 35.8 Å². The van der Waals surface area contributed by atoms with Gasteiger partial charge < -0.3 is 24.1 Å². The summed E-state index contributed by atoms with van der Waals surface area (Å²) in [6.45, 7) is 2.14. The number of halogens is 1. The number of pyridine rings is 1. The normalized spacial score (nSPS) is 13.6. The number of hydrogen-bond donors (Lipinski definition) is 1. The van der Waals surface area contributed by atoms with Gasteiger partial charge in [-0.3, -0.25) is 0 Å². The van der Waals surface area contributed by atoms with Gasteiger partial charge in [-0.15, -0.1) is 0 Å². The summed E-state index contributed by atoms with van der Waals surface area (Å²) >= 11 is 6.22. The van der Waals surface area contributed by atoms with Gasteiger partial charge >= 0.3 is 0 Å². The molecular formula is C29H28ClN5O3. The quantitative estimate of drug-likeness (QED) is 0.254. The molecule has 194 valence electrons. The molecule has 2 aromatic carbocycles. The molecule has 1 unspecified atom stereocenters. The minimum atomic E-state index is -0.923. The highest BCUT2D eigenvalue weighted by molar-refractivity contribution is 6.30. The average Bonchev–Trinajstić information content (AvgIpc) is 2.93. The standard InChI is InChI=1S/C29H28ClN5O3/c1-29(38-4,18-36-2)34-24-17-27-25(16-23(24)33-22-9-7-15-31-28(22)37-3)32-21-8-5-6-10-26(21)35(27)20-13-11-19(30)12-14-20/h5-17,33H,18H2,1-4H3/b34-24+. The number of anilines is 2. The zero-order chi connectivity index (χ0) is 26.7. The molecular weight excluding hydrogens is 502 g/mol. The number of ether oxygens (including phenoxy) is 3. The maximum absolute atomic E-state index is 6.22. The van der Waals surface area contributed by atoms with Crippen molar-refractivity contribution in [3.8, 4) is 23.0 Å². The lowest BCUT2D eigenvalue weighted by Gasteiger charge is -2.24. The van der Waals surface area contributed by atoms with Crippen LogP contribution in [0.5, 0.6) is 5.88 Å². The van der Waals surface area contributed by atoms with Crippen LogP contribution >= 0.6 is 11.6 Å². The lowest BCUT2D eigenvalue weighted by molar-refractivity contribution is -0.0466. The Balaban J connectivity index is 1.84. The van der Waals surface area contributed by atoms with Gasteiger partial charge in [0.05, 0.1) is 47.2 Å². The van der Waals surface area contributed by atoms with E-state index >= 15 is 0 Å². The van der Waals surface area contributed by atoms with Crippen LogP contribution in [0, 0.1) is 0 Å². The van der Waals surface area contributed by atoms with Crippen molar-refractivity contribution in [3.63, 3.8) is 0 Å². The van der Waals surface area contributed by atoms with Crippen LogP contribution in [0.2, 0.25) is 5.02 Å². The Morgan fingerprint density at radius 1 is 0.974 bits per heavy atom. The molecule has 0 saturated carbocycles. The second-order valence-corrected chi connectivity index (χ2v) is 9.32. The molecule has 2 heterocycles. The van der Waals surface area contributed by atoms with Gasteiger partial charge in [0.25, 0.3) is 0 Å². The van der Waals surface area contributed by atoms with E-state index in [1.807, 2.05) is 79.7 Å². The highest BCUT2D eigenvalue weighted by atomic mass is 35.5. The number of aromatic nitrogens is 3. The Morgan fingerprint density at radius 3 is 2.50 bits per heavy atom. The van der Waals surface area contributed by atoms with Crippen molar-refractivity contribution in [2.24, 2.45) is 4.99 Å². The number of rotatable bonds is 8. The molecule has 0 bridgehead atoms. The van der Waals surface area contributed by atoms with Gasteiger partial charge in [-0.2, -0.15) is 0 Å². The number of nitrogens with one attached hydrogen (secondary N) is 1. The van der Waals surface area contributed by atoms with Crippen molar-refractivity contribution in [2.45, 2.75) is 12.6 Å². The first-order valence-electron chi connectivity index (χ1n) is 12.0. The van der Waals surface area contributed by atoms with E-state index in [-0.39, 0.29) is 6.61 Å². The third kappa shape index (κ3) is 5.06. The van der Waals surface area contributed by atoms with E-state index in [9.17, 15) is 0 Å². The second kappa shape index (κ2) is 10.8. The van der Waals surface area contributed by atoms with Crippen LogP contribution < -0.4 is 15.4 Å². The van der Waals surface area contributed by atoms with Crippen molar-refractivity contribution < 1.29 is 14.2 Å². The lowest BCUT2D eigenvalue weighted by Crippen LogP contribution is -2.33. The maximum Gasteiger partial charge on any atom is 0.237 e. The predicted octanol–water partition coefficient (Wildman–Crippen LogP) is 5.84. The van der Waals surface area contributed by atoms with E-state index in [2.05, 4.69) is 14.9 Å². The SMILES string of the molecule is COCC(C)(/N=c1\cc2n(-c3ccc(Cl)cc3)c3ccccc3nc-2cc1Nc1cccnc1OC)OC. The Bertz CT molecular complexity index is 1620. The van der Waals surface area contributed by atoms with Crippen LogP contribution in [0.25, 0.3) is 28.1 Å². The fourth-order valence-electron chi connectivity index (χ4n) is 4.36. The van der Waals surface area contributed by atoms with Gasteiger partial charge in [-0.25, -0.2) is 15.0 Å². The number of para-hydroxylation sites is 2. The molecule has 1 aliphatic carbocycles. The molecule has 9 heteroatoms. The van der Waals surface area contributed by atoms with E-state index in [0.717, 1.165) is 28.1 Å². The Hall–Kier alpha value is -3.98. The molecule has 1 aromatic heterocycles. The smallest absolute Gasteiger partial charge is 0.237 e. The molecule has 1 aliphatic heterocycles. The number of fused-ring (bicyclic) bond motifs is 2. The van der Waals surface area contributed by atoms with Crippen molar-refractivity contribution >= 4 is 34.0 Å². The van der Waals surface area contributed by atoms with Crippen molar-refractivity contribution in [3.05, 3.63) is 89.4 Å². The van der Waals surface area contributed by atoms with Gasteiger partial charge in [-0.05, 0) is 67.6 Å². The molecule has 0 saturated heterocycles. The zero-order valence-electron chi connectivity index (χ0n) is 21.6. The van der Waals surface area contributed by atoms with Crippen LogP contribution in [-0.4, -0.2) is 48.2 Å². The van der Waals surface area contributed by atoms with Crippen molar-refractivity contribution in [1.29, 1.82) is 0 Å². The summed E-state index contributed by atoms with van der Waals surface area (Å²) in [6.07, 6.45) is 1.68. The molecule has 38 heavy (non-hydrogen) atoms. The van der Waals surface area contributed by atoms with Crippen LogP contribution in [0.3, 0.4) is 0 Å². The first-order chi connectivity index (χ1) is 18.4. The molecule has 0 radical (unpaired) electrons. The first kappa shape index (κ1) is 25.7. The van der Waals surface area contributed by atoms with Crippen LogP contribution in [0.15, 0.2) is 84.0 Å².